The van der Waals surface area contributed by atoms with Crippen molar-refractivity contribution < 1.29 is 4.52 Å². The molecule has 5 heteroatoms. The van der Waals surface area contributed by atoms with Gasteiger partial charge < -0.3 is 9.84 Å². The van der Waals surface area contributed by atoms with Gasteiger partial charge in [-0.2, -0.15) is 4.98 Å². The summed E-state index contributed by atoms with van der Waals surface area (Å²) in [5.74, 6) is 1.06. The van der Waals surface area contributed by atoms with Gasteiger partial charge in [0.05, 0.1) is 0 Å². The quantitative estimate of drug-likeness (QED) is 0.914. The van der Waals surface area contributed by atoms with Gasteiger partial charge in [-0.1, -0.05) is 43.3 Å². The van der Waals surface area contributed by atoms with E-state index in [-0.39, 0.29) is 0 Å². The minimum absolute atomic E-state index is 0.297. The molecule has 1 aliphatic heterocycles. The summed E-state index contributed by atoms with van der Waals surface area (Å²) in [6.45, 7) is 9.55. The molecule has 1 aromatic heterocycles. The fraction of sp³-hybridized carbons (Fsp3) is 0.556. The van der Waals surface area contributed by atoms with E-state index in [1.807, 2.05) is 0 Å². The molecule has 23 heavy (non-hydrogen) atoms. The molecule has 0 atom stereocenters. The smallest absolute Gasteiger partial charge is 0.321 e. The summed E-state index contributed by atoms with van der Waals surface area (Å²) < 4.78 is 5.28. The van der Waals surface area contributed by atoms with Gasteiger partial charge in [0.1, 0.15) is 0 Å². The molecule has 0 radical (unpaired) electrons. The first-order valence-corrected chi connectivity index (χ1v) is 8.49. The molecule has 1 aromatic carbocycles. The van der Waals surface area contributed by atoms with E-state index < -0.39 is 0 Å². The maximum Gasteiger partial charge on any atom is 0.321 e. The van der Waals surface area contributed by atoms with Gasteiger partial charge in [0.2, 0.25) is 0 Å². The molecule has 2 heterocycles. The Morgan fingerprint density at radius 1 is 1.26 bits per heavy atom. The topological polar surface area (TPSA) is 54.2 Å². The minimum atomic E-state index is 0.297. The van der Waals surface area contributed by atoms with E-state index in [9.17, 15) is 0 Å². The molecule has 0 bridgehead atoms. The lowest BCUT2D eigenvalue weighted by atomic mass is 10.0. The Balaban J connectivity index is 1.49. The third kappa shape index (κ3) is 4.10. The predicted octanol–water partition coefficient (Wildman–Crippen LogP) is 3.58. The SMILES string of the molecule is Cc1ccccc1CN1CCC(Nc2nc(C(C)C)no2)CC1. The molecule has 1 saturated heterocycles. The van der Waals surface area contributed by atoms with Crippen LogP contribution in [0.15, 0.2) is 28.8 Å². The van der Waals surface area contributed by atoms with Gasteiger partial charge >= 0.3 is 6.01 Å². The van der Waals surface area contributed by atoms with E-state index >= 15 is 0 Å². The minimum Gasteiger partial charge on any atom is -0.335 e. The molecule has 0 saturated carbocycles. The number of aryl methyl sites for hydroxylation is 1. The van der Waals surface area contributed by atoms with Gasteiger partial charge in [-0.3, -0.25) is 4.90 Å². The van der Waals surface area contributed by atoms with Crippen molar-refractivity contribution in [1.29, 1.82) is 0 Å². The summed E-state index contributed by atoms with van der Waals surface area (Å²) >= 11 is 0. The van der Waals surface area contributed by atoms with Gasteiger partial charge in [-0.25, -0.2) is 0 Å². The summed E-state index contributed by atoms with van der Waals surface area (Å²) in [5, 5.41) is 7.39. The lowest BCUT2D eigenvalue weighted by molar-refractivity contribution is 0.209. The number of rotatable bonds is 5. The average molecular weight is 314 g/mol. The number of nitrogens with zero attached hydrogens (tertiary/aromatic N) is 3. The van der Waals surface area contributed by atoms with Crippen molar-refractivity contribution in [2.75, 3.05) is 18.4 Å². The summed E-state index contributed by atoms with van der Waals surface area (Å²) in [4.78, 5) is 6.92. The van der Waals surface area contributed by atoms with Crippen LogP contribution < -0.4 is 5.32 Å². The largest absolute Gasteiger partial charge is 0.335 e. The Morgan fingerprint density at radius 3 is 2.65 bits per heavy atom. The van der Waals surface area contributed by atoms with Crippen LogP contribution in [0.2, 0.25) is 0 Å². The Kier molecular flexibility index (Phi) is 4.96. The van der Waals surface area contributed by atoms with Crippen LogP contribution in [0, 0.1) is 6.92 Å². The third-order valence-electron chi connectivity index (χ3n) is 4.53. The molecule has 1 fully saturated rings. The van der Waals surface area contributed by atoms with Crippen LogP contribution in [-0.4, -0.2) is 34.2 Å². The van der Waals surface area contributed by atoms with E-state index in [1.54, 1.807) is 0 Å². The van der Waals surface area contributed by atoms with Crippen molar-refractivity contribution in [3.05, 3.63) is 41.2 Å². The molecule has 5 nitrogen and oxygen atoms in total. The molecule has 124 valence electrons. The highest BCUT2D eigenvalue weighted by molar-refractivity contribution is 5.25. The van der Waals surface area contributed by atoms with Crippen molar-refractivity contribution in [2.24, 2.45) is 0 Å². The first-order chi connectivity index (χ1) is 11.1. The zero-order chi connectivity index (χ0) is 16.2. The van der Waals surface area contributed by atoms with Crippen LogP contribution in [-0.2, 0) is 6.54 Å². The summed E-state index contributed by atoms with van der Waals surface area (Å²) in [5.41, 5.74) is 2.80. The Bertz CT molecular complexity index is 629. The third-order valence-corrected chi connectivity index (χ3v) is 4.53. The highest BCUT2D eigenvalue weighted by atomic mass is 16.5. The number of nitrogens with one attached hydrogen (secondary N) is 1. The molecule has 1 N–H and O–H groups in total. The second-order valence-electron chi connectivity index (χ2n) is 6.73. The van der Waals surface area contributed by atoms with Crippen LogP contribution >= 0.6 is 0 Å². The van der Waals surface area contributed by atoms with Gasteiger partial charge in [-0.05, 0) is 30.9 Å². The van der Waals surface area contributed by atoms with Gasteiger partial charge in [0, 0.05) is 31.6 Å². The molecule has 0 spiro atoms. The summed E-state index contributed by atoms with van der Waals surface area (Å²) in [6, 6.07) is 9.62. The van der Waals surface area contributed by atoms with E-state index in [1.165, 1.54) is 11.1 Å². The molecule has 0 amide bonds. The standard InChI is InChI=1S/C18H26N4O/c1-13(2)17-20-18(23-21-17)19-16-8-10-22(11-9-16)12-15-7-5-4-6-14(15)3/h4-7,13,16H,8-12H2,1-3H3,(H,19,20,21). The fourth-order valence-electron chi connectivity index (χ4n) is 2.97. The maximum atomic E-state index is 5.28. The van der Waals surface area contributed by atoms with Gasteiger partial charge in [0.25, 0.3) is 0 Å². The Labute approximate surface area is 138 Å². The maximum absolute atomic E-state index is 5.28. The molecule has 0 unspecified atom stereocenters. The molecule has 0 aliphatic carbocycles. The highest BCUT2D eigenvalue weighted by Crippen LogP contribution is 2.19. The Hall–Kier alpha value is -1.88. The number of benzene rings is 1. The number of piperidine rings is 1. The van der Waals surface area contributed by atoms with Crippen LogP contribution in [0.25, 0.3) is 0 Å². The number of aromatic nitrogens is 2. The predicted molar refractivity (Wildman–Crippen MR) is 91.5 cm³/mol. The van der Waals surface area contributed by atoms with E-state index in [0.717, 1.165) is 38.3 Å². The first-order valence-electron chi connectivity index (χ1n) is 8.49. The molecule has 1 aliphatic rings. The van der Waals surface area contributed by atoms with E-state index in [4.69, 9.17) is 4.52 Å². The van der Waals surface area contributed by atoms with E-state index in [0.29, 0.717) is 18.0 Å². The lowest BCUT2D eigenvalue weighted by Crippen LogP contribution is -2.38. The second-order valence-corrected chi connectivity index (χ2v) is 6.73. The van der Waals surface area contributed by atoms with Crippen LogP contribution in [0.3, 0.4) is 0 Å². The second kappa shape index (κ2) is 7.13. The van der Waals surface area contributed by atoms with Gasteiger partial charge in [0.15, 0.2) is 5.82 Å². The first kappa shape index (κ1) is 16.0. The van der Waals surface area contributed by atoms with Crippen molar-refractivity contribution >= 4 is 6.01 Å². The van der Waals surface area contributed by atoms with Crippen molar-refractivity contribution in [3.63, 3.8) is 0 Å². The number of likely N-dealkylation sites (tertiary alicyclic amines) is 1. The average Bonchev–Trinajstić information content (AvgIpc) is 3.00. The number of hydrogen-bond donors (Lipinski definition) is 1. The zero-order valence-electron chi connectivity index (χ0n) is 14.2. The normalized spacial score (nSPS) is 16.9. The zero-order valence-corrected chi connectivity index (χ0v) is 14.2. The van der Waals surface area contributed by atoms with Crippen molar-refractivity contribution in [2.45, 2.75) is 52.1 Å². The molecular formula is C18H26N4O. The summed E-state index contributed by atoms with van der Waals surface area (Å²) in [6.07, 6.45) is 2.20. The van der Waals surface area contributed by atoms with E-state index in [2.05, 4.69) is 65.4 Å². The Morgan fingerprint density at radius 2 is 2.00 bits per heavy atom. The number of hydrogen-bond acceptors (Lipinski definition) is 5. The molecular weight excluding hydrogens is 288 g/mol. The van der Waals surface area contributed by atoms with Crippen molar-refractivity contribution in [1.82, 2.24) is 15.0 Å². The summed E-state index contributed by atoms with van der Waals surface area (Å²) in [7, 11) is 0. The monoisotopic (exact) mass is 314 g/mol. The van der Waals surface area contributed by atoms with Crippen LogP contribution in [0.1, 0.15) is 49.6 Å². The highest BCUT2D eigenvalue weighted by Gasteiger charge is 2.21. The molecule has 3 rings (SSSR count). The van der Waals surface area contributed by atoms with Gasteiger partial charge in [-0.15, -0.1) is 0 Å². The fourth-order valence-corrected chi connectivity index (χ4v) is 2.97. The lowest BCUT2D eigenvalue weighted by Gasteiger charge is -2.32. The van der Waals surface area contributed by atoms with Crippen LogP contribution in [0.5, 0.6) is 0 Å². The number of anilines is 1. The van der Waals surface area contributed by atoms with Crippen LogP contribution in [0.4, 0.5) is 6.01 Å². The van der Waals surface area contributed by atoms with Crippen molar-refractivity contribution in [3.8, 4) is 0 Å². The molecule has 2 aromatic rings.